The highest BCUT2D eigenvalue weighted by Crippen LogP contribution is 2.49. The summed E-state index contributed by atoms with van der Waals surface area (Å²) in [5, 5.41) is 7.22. The molecule has 0 atom stereocenters. The number of aromatic nitrogens is 6. The van der Waals surface area contributed by atoms with Crippen molar-refractivity contribution in [2.45, 2.75) is 0 Å². The molecule has 7 nitrogen and oxygen atoms in total. The van der Waals surface area contributed by atoms with Crippen LogP contribution < -0.4 is 9.30 Å². The minimum atomic E-state index is 0.715. The minimum Gasteiger partial charge on any atom is -0.458 e. The number of benzene rings is 9. The van der Waals surface area contributed by atoms with E-state index in [1.165, 1.54) is 49.0 Å². The van der Waals surface area contributed by atoms with Crippen LogP contribution in [0.25, 0.3) is 116 Å². The van der Waals surface area contributed by atoms with Gasteiger partial charge in [0, 0.05) is 69.7 Å². The molecule has 0 N–H and O–H groups in total. The highest BCUT2D eigenvalue weighted by atomic mass is 16.5. The smallest absolute Gasteiger partial charge is 0.269 e. The van der Waals surface area contributed by atoms with Crippen LogP contribution in [0.1, 0.15) is 0 Å². The van der Waals surface area contributed by atoms with Crippen molar-refractivity contribution in [2.75, 3.05) is 0 Å². The largest absolute Gasteiger partial charge is 0.458 e. The Morgan fingerprint density at radius 1 is 0.449 bits per heavy atom. The van der Waals surface area contributed by atoms with Gasteiger partial charge in [0.2, 0.25) is 0 Å². The van der Waals surface area contributed by atoms with E-state index in [1.54, 1.807) is 0 Å². The molecule has 0 saturated carbocycles. The average molecular weight is 887 g/mol. The van der Waals surface area contributed by atoms with Crippen molar-refractivity contribution in [3.05, 3.63) is 225 Å². The molecule has 69 heavy (non-hydrogen) atoms. The van der Waals surface area contributed by atoms with Crippen molar-refractivity contribution in [2.24, 2.45) is 14.1 Å². The summed E-state index contributed by atoms with van der Waals surface area (Å²) >= 11 is 0. The number of hydrogen-bond acceptors (Lipinski definition) is 2. The van der Waals surface area contributed by atoms with E-state index >= 15 is 0 Å². The van der Waals surface area contributed by atoms with Crippen molar-refractivity contribution in [1.29, 1.82) is 0 Å². The number of nitrogens with zero attached hydrogens (tertiary/aromatic N) is 6. The van der Waals surface area contributed by atoms with Gasteiger partial charge < -0.3 is 13.9 Å². The van der Waals surface area contributed by atoms with Gasteiger partial charge in [-0.3, -0.25) is 13.7 Å². The van der Waals surface area contributed by atoms with Gasteiger partial charge in [0.05, 0.1) is 44.5 Å². The second-order valence-corrected chi connectivity index (χ2v) is 17.8. The lowest BCUT2D eigenvalue weighted by Crippen LogP contribution is -2.29. The lowest BCUT2D eigenvalue weighted by molar-refractivity contribution is -0.572. The molecule has 14 rings (SSSR count). The Kier molecular flexibility index (Phi) is 8.58. The number of para-hydroxylation sites is 5. The lowest BCUT2D eigenvalue weighted by atomic mass is 9.95. The van der Waals surface area contributed by atoms with Crippen LogP contribution in [-0.4, -0.2) is 23.3 Å². The predicted octanol–water partition coefficient (Wildman–Crippen LogP) is 14.6. The van der Waals surface area contributed by atoms with Crippen LogP contribution in [0.2, 0.25) is 0 Å². The lowest BCUT2D eigenvalue weighted by Gasteiger charge is -2.17. The Bertz CT molecular complexity index is 4290. The van der Waals surface area contributed by atoms with Crippen LogP contribution in [0, 0.1) is 6.33 Å². The summed E-state index contributed by atoms with van der Waals surface area (Å²) in [5.41, 5.74) is 15.5. The Morgan fingerprint density at radius 3 is 1.65 bits per heavy atom. The zero-order valence-corrected chi connectivity index (χ0v) is 37.9. The van der Waals surface area contributed by atoms with Gasteiger partial charge >= 0.3 is 0 Å². The first-order valence-corrected chi connectivity index (χ1v) is 23.3. The molecule has 7 heteroatoms. The quantitative estimate of drug-likeness (QED) is 0.118. The van der Waals surface area contributed by atoms with Gasteiger partial charge in [-0.15, -0.1) is 0 Å². The van der Waals surface area contributed by atoms with Gasteiger partial charge in [0.15, 0.2) is 0 Å². The molecule has 0 unspecified atom stereocenters. The molecule has 9 aromatic carbocycles. The summed E-state index contributed by atoms with van der Waals surface area (Å²) in [6, 6.07) is 74.8. The number of rotatable bonds is 7. The highest BCUT2D eigenvalue weighted by Gasteiger charge is 2.27. The van der Waals surface area contributed by atoms with Gasteiger partial charge in [-0.1, -0.05) is 152 Å². The maximum atomic E-state index is 6.94. The topological polar surface area (TPSA) is 45.7 Å². The minimum absolute atomic E-state index is 0.715. The molecule has 0 fully saturated rings. The first-order valence-electron chi connectivity index (χ1n) is 23.3. The fourth-order valence-corrected chi connectivity index (χ4v) is 11.1. The number of aryl methyl sites for hydroxylation is 2. The second-order valence-electron chi connectivity index (χ2n) is 17.8. The highest BCUT2D eigenvalue weighted by molar-refractivity contribution is 6.39. The predicted molar refractivity (Wildman–Crippen MR) is 281 cm³/mol. The summed E-state index contributed by atoms with van der Waals surface area (Å²) in [7, 11) is 4.40. The van der Waals surface area contributed by atoms with Crippen LogP contribution in [0.5, 0.6) is 11.5 Å². The standard InChI is InChI=1S/C62H42N6O/c1-64-50-29-11-9-25-47(50)56-60-57(48-26-10-12-30-51(48)65(60)2)62-58(61(56)64)49-35-34-44(38-54(49)68(62)55-33-15-16-36-63-55)69-43-24-17-23-42(37-43)66-39-67(53-32-14-13-31-52(53)66)59-45(40-19-5-3-6-20-40)27-18-28-46(59)41-21-7-4-8-22-41/h3-38H,1-2H3. The fraction of sp³-hybridized carbons (Fsp3) is 0.0323. The molecule has 5 heterocycles. The average Bonchev–Trinajstić information content (AvgIpc) is 4.13. The molecular weight excluding hydrogens is 845 g/mol. The first-order chi connectivity index (χ1) is 34.1. The van der Waals surface area contributed by atoms with E-state index in [2.05, 4.69) is 243 Å². The van der Waals surface area contributed by atoms with Crippen LogP contribution in [0.4, 0.5) is 0 Å². The van der Waals surface area contributed by atoms with Crippen molar-refractivity contribution in [3.8, 4) is 50.9 Å². The Labute approximate surface area is 397 Å². The van der Waals surface area contributed by atoms with E-state index in [0.29, 0.717) is 5.75 Å². The molecule has 0 saturated heterocycles. The third-order valence-electron chi connectivity index (χ3n) is 14.0. The molecule has 0 aliphatic heterocycles. The number of hydrogen-bond donors (Lipinski definition) is 0. The van der Waals surface area contributed by atoms with E-state index in [0.717, 1.165) is 72.6 Å². The number of imidazole rings is 1. The van der Waals surface area contributed by atoms with Gasteiger partial charge in [-0.2, -0.15) is 0 Å². The third-order valence-corrected chi connectivity index (χ3v) is 14.0. The Balaban J connectivity index is 0.961. The molecule has 0 amide bonds. The van der Waals surface area contributed by atoms with Gasteiger partial charge in [-0.05, 0) is 76.9 Å². The zero-order valence-electron chi connectivity index (χ0n) is 37.9. The number of ether oxygens (including phenoxy) is 1. The maximum Gasteiger partial charge on any atom is 0.269 e. The summed E-state index contributed by atoms with van der Waals surface area (Å²) < 4.78 is 18.4. The first kappa shape index (κ1) is 39.0. The Morgan fingerprint density at radius 2 is 1.00 bits per heavy atom. The Hall–Kier alpha value is -9.20. The molecule has 5 aromatic heterocycles. The van der Waals surface area contributed by atoms with Crippen LogP contribution in [0.3, 0.4) is 0 Å². The number of pyridine rings is 1. The molecule has 0 aliphatic carbocycles. The zero-order chi connectivity index (χ0) is 45.7. The summed E-state index contributed by atoms with van der Waals surface area (Å²) in [5.74, 6) is 2.28. The molecule has 326 valence electrons. The van der Waals surface area contributed by atoms with Crippen LogP contribution in [0.15, 0.2) is 219 Å². The summed E-state index contributed by atoms with van der Waals surface area (Å²) in [4.78, 5) is 5.01. The summed E-state index contributed by atoms with van der Waals surface area (Å²) in [6.07, 6.45) is 5.70. The maximum absolute atomic E-state index is 6.94. The van der Waals surface area contributed by atoms with E-state index in [-0.39, 0.29) is 0 Å². The monoisotopic (exact) mass is 886 g/mol. The van der Waals surface area contributed by atoms with Crippen LogP contribution >= 0.6 is 0 Å². The van der Waals surface area contributed by atoms with Crippen molar-refractivity contribution >= 4 is 76.5 Å². The second kappa shape index (κ2) is 15.2. The fourth-order valence-electron chi connectivity index (χ4n) is 11.1. The van der Waals surface area contributed by atoms with Crippen molar-refractivity contribution in [3.63, 3.8) is 0 Å². The van der Waals surface area contributed by atoms with E-state index in [9.17, 15) is 0 Å². The van der Waals surface area contributed by atoms with Gasteiger partial charge in [0.1, 0.15) is 17.3 Å². The molecule has 14 aromatic rings. The number of fused-ring (bicyclic) bond motifs is 13. The SMILES string of the molecule is Cn1c2ccccc2c2c1c1c3ccc(Oc4cccc(-[n+]5[c-]n(-c6c(-c7ccccc7)cccc6-c6ccccc6)c6ccccc65)c4)cc3n(-c3ccccn3)c1c1c3ccccc3n(C)c21. The van der Waals surface area contributed by atoms with Gasteiger partial charge in [0.25, 0.3) is 6.33 Å². The van der Waals surface area contributed by atoms with Gasteiger partial charge in [-0.25, -0.2) is 4.98 Å². The molecular formula is C62H42N6O. The van der Waals surface area contributed by atoms with E-state index < -0.39 is 0 Å². The third kappa shape index (κ3) is 5.80. The van der Waals surface area contributed by atoms with E-state index in [1.807, 2.05) is 18.3 Å². The molecule has 0 radical (unpaired) electrons. The van der Waals surface area contributed by atoms with E-state index in [4.69, 9.17) is 9.72 Å². The molecule has 0 bridgehead atoms. The summed E-state index contributed by atoms with van der Waals surface area (Å²) in [6.45, 7) is 0. The molecule has 0 aliphatic rings. The molecule has 0 spiro atoms. The van der Waals surface area contributed by atoms with Crippen LogP contribution in [-0.2, 0) is 14.1 Å². The van der Waals surface area contributed by atoms with Crippen molar-refractivity contribution in [1.82, 2.24) is 23.3 Å². The van der Waals surface area contributed by atoms with Crippen molar-refractivity contribution < 1.29 is 9.30 Å². The normalized spacial score (nSPS) is 11.9.